The third kappa shape index (κ3) is 1.50. The van der Waals surface area contributed by atoms with E-state index in [0.29, 0.717) is 5.56 Å². The normalized spacial score (nSPS) is 38.0. The topological polar surface area (TPSA) is 120 Å². The second-order valence-corrected chi connectivity index (χ2v) is 6.44. The molecule has 1 saturated carbocycles. The molecule has 24 heavy (non-hydrogen) atoms. The molecule has 6 heteroatoms. The minimum Gasteiger partial charge on any atom is -0.386 e. The summed E-state index contributed by atoms with van der Waals surface area (Å²) in [5.74, 6) is -3.41. The van der Waals surface area contributed by atoms with Gasteiger partial charge in [0.05, 0.1) is 12.1 Å². The Morgan fingerprint density at radius 2 is 1.67 bits per heavy atom. The van der Waals surface area contributed by atoms with E-state index >= 15 is 0 Å². The Morgan fingerprint density at radius 3 is 2.21 bits per heavy atom. The average molecular weight is 320 g/mol. The molecule has 2 N–H and O–H groups in total. The first-order chi connectivity index (χ1) is 11.4. The van der Waals surface area contributed by atoms with Gasteiger partial charge in [0.25, 0.3) is 5.91 Å². The van der Waals surface area contributed by atoms with E-state index in [1.165, 1.54) is 6.92 Å². The van der Waals surface area contributed by atoms with Gasteiger partial charge in [-0.15, -0.1) is 0 Å². The lowest BCUT2D eigenvalue weighted by molar-refractivity contribution is -0.146. The van der Waals surface area contributed by atoms with Gasteiger partial charge in [-0.2, -0.15) is 15.5 Å². The number of Topliss-reactive ketones (excluding diaryl/α,β-unsaturated/α-hetero) is 1. The van der Waals surface area contributed by atoms with Gasteiger partial charge in [-0.25, -0.2) is 0 Å². The maximum Gasteiger partial charge on any atom is 0.270 e. The van der Waals surface area contributed by atoms with Gasteiger partial charge in [-0.3, -0.25) is 9.59 Å². The molecule has 6 nitrogen and oxygen atoms in total. The zero-order valence-corrected chi connectivity index (χ0v) is 13.4. The van der Waals surface area contributed by atoms with Crippen LogP contribution in [0.4, 0.5) is 0 Å². The average Bonchev–Trinajstić information content (AvgIpc) is 2.82. The highest BCUT2D eigenvalue weighted by Gasteiger charge is 2.75. The van der Waals surface area contributed by atoms with E-state index in [9.17, 15) is 20.1 Å². The minimum atomic E-state index is -1.88. The number of amides is 1. The van der Waals surface area contributed by atoms with Crippen molar-refractivity contribution in [2.75, 3.05) is 0 Å². The summed E-state index contributed by atoms with van der Waals surface area (Å²) < 4.78 is 0. The van der Waals surface area contributed by atoms with Crippen LogP contribution in [0.15, 0.2) is 35.3 Å². The van der Waals surface area contributed by atoms with Gasteiger partial charge in [-0.05, 0) is 5.56 Å². The first-order valence-corrected chi connectivity index (χ1v) is 7.68. The summed E-state index contributed by atoms with van der Waals surface area (Å²) in [7, 11) is 0. The molecule has 0 aromatic heterocycles. The number of nitrogens with zero attached hydrogens (tertiary/aromatic N) is 3. The Hall–Kier alpha value is -2.99. The number of amidine groups is 1. The lowest BCUT2D eigenvalue weighted by atomic mass is 9.45. The van der Waals surface area contributed by atoms with Gasteiger partial charge < -0.3 is 5.73 Å². The van der Waals surface area contributed by atoms with Gasteiger partial charge in [0.1, 0.15) is 11.6 Å². The van der Waals surface area contributed by atoms with Crippen molar-refractivity contribution < 1.29 is 9.59 Å². The summed E-state index contributed by atoms with van der Waals surface area (Å²) in [6.45, 7) is 3.23. The molecule has 2 aliphatic rings. The minimum absolute atomic E-state index is 0.170. The molecule has 1 aliphatic carbocycles. The van der Waals surface area contributed by atoms with Crippen molar-refractivity contribution >= 4 is 17.5 Å². The predicted octanol–water partition coefficient (Wildman–Crippen LogP) is 1.54. The van der Waals surface area contributed by atoms with Crippen molar-refractivity contribution in [3.8, 4) is 12.1 Å². The molecule has 1 aromatic rings. The van der Waals surface area contributed by atoms with Crippen LogP contribution in [0.5, 0.6) is 0 Å². The number of carbonyl (C=O) groups excluding carboxylic acids is 2. The largest absolute Gasteiger partial charge is 0.386 e. The van der Waals surface area contributed by atoms with Crippen molar-refractivity contribution in [3.63, 3.8) is 0 Å². The van der Waals surface area contributed by atoms with Gasteiger partial charge >= 0.3 is 0 Å². The Morgan fingerprint density at radius 1 is 1.08 bits per heavy atom. The molecule has 0 radical (unpaired) electrons. The molecule has 5 unspecified atom stereocenters. The van der Waals surface area contributed by atoms with Crippen molar-refractivity contribution in [1.29, 1.82) is 10.5 Å². The molecular formula is C18H16N4O2. The van der Waals surface area contributed by atoms with Crippen LogP contribution in [0.2, 0.25) is 0 Å². The van der Waals surface area contributed by atoms with Gasteiger partial charge in [-0.1, -0.05) is 44.2 Å². The van der Waals surface area contributed by atoms with Crippen molar-refractivity contribution in [2.24, 2.45) is 33.4 Å². The summed E-state index contributed by atoms with van der Waals surface area (Å²) in [5.41, 5.74) is 3.20. The van der Waals surface area contributed by atoms with Crippen LogP contribution in [0, 0.1) is 45.3 Å². The molecule has 0 bridgehead atoms. The van der Waals surface area contributed by atoms with Gasteiger partial charge in [0.2, 0.25) is 0 Å². The second kappa shape index (κ2) is 5.01. The van der Waals surface area contributed by atoms with Crippen molar-refractivity contribution in [1.82, 2.24) is 0 Å². The fourth-order valence-electron chi connectivity index (χ4n) is 4.38. The molecule has 120 valence electrons. The fourth-order valence-corrected chi connectivity index (χ4v) is 4.38. The van der Waals surface area contributed by atoms with Crippen LogP contribution in [0.3, 0.4) is 0 Å². The summed E-state index contributed by atoms with van der Waals surface area (Å²) in [6.07, 6.45) is 0. The summed E-state index contributed by atoms with van der Waals surface area (Å²) in [5, 5.41) is 19.9. The number of hydrogen-bond donors (Lipinski definition) is 1. The number of ketones is 1. The molecule has 1 fully saturated rings. The molecule has 0 spiro atoms. The summed E-state index contributed by atoms with van der Waals surface area (Å²) in [6, 6.07) is 13.0. The number of carbonyl (C=O) groups is 2. The van der Waals surface area contributed by atoms with Gasteiger partial charge in [0.15, 0.2) is 10.8 Å². The highest BCUT2D eigenvalue weighted by atomic mass is 16.2. The number of benzene rings is 1. The zero-order chi connectivity index (χ0) is 17.7. The molecule has 5 atom stereocenters. The van der Waals surface area contributed by atoms with E-state index < -0.39 is 34.5 Å². The quantitative estimate of drug-likeness (QED) is 0.841. The number of fused-ring (bicyclic) bond motifs is 1. The molecular weight excluding hydrogens is 304 g/mol. The standard InChI is InChI=1S/C18H16N4O2/c1-10-13(12-6-4-3-5-7-12)18(9-20)15(21)22-16(24)17(18,8-19)11(2)14(10)23/h3-7,10-11,13H,1-2H3,(H2,21,22,24). The number of rotatable bonds is 1. The van der Waals surface area contributed by atoms with Crippen molar-refractivity contribution in [2.45, 2.75) is 19.8 Å². The van der Waals surface area contributed by atoms with Crippen LogP contribution in [0.1, 0.15) is 25.3 Å². The lowest BCUT2D eigenvalue weighted by Crippen LogP contribution is -2.62. The number of aliphatic imine (C=N–C) groups is 1. The van der Waals surface area contributed by atoms with E-state index in [-0.39, 0.29) is 11.6 Å². The molecule has 1 amide bonds. The summed E-state index contributed by atoms with van der Waals surface area (Å²) >= 11 is 0. The predicted molar refractivity (Wildman–Crippen MR) is 85.2 cm³/mol. The SMILES string of the molecule is CC1C(=O)C(C)C2(C#N)C(=O)N=C(N)C2(C#N)C1c1ccccc1. The zero-order valence-electron chi connectivity index (χ0n) is 13.4. The van der Waals surface area contributed by atoms with Gasteiger partial charge in [0, 0.05) is 17.8 Å². The van der Waals surface area contributed by atoms with Crippen molar-refractivity contribution in [3.05, 3.63) is 35.9 Å². The number of nitriles is 2. The molecule has 1 aromatic carbocycles. The smallest absolute Gasteiger partial charge is 0.270 e. The maximum atomic E-state index is 12.8. The van der Waals surface area contributed by atoms with Crippen LogP contribution in [0.25, 0.3) is 0 Å². The van der Waals surface area contributed by atoms with E-state index in [1.807, 2.05) is 12.1 Å². The van der Waals surface area contributed by atoms with Crippen LogP contribution < -0.4 is 5.73 Å². The Balaban J connectivity index is 2.40. The molecule has 1 aliphatic heterocycles. The number of hydrogen-bond acceptors (Lipinski definition) is 5. The fraction of sp³-hybridized carbons (Fsp3) is 0.389. The van der Waals surface area contributed by atoms with E-state index in [1.54, 1.807) is 31.2 Å². The third-order valence-electron chi connectivity index (χ3n) is 5.59. The Labute approximate surface area is 139 Å². The van der Waals surface area contributed by atoms with E-state index in [0.717, 1.165) is 0 Å². The van der Waals surface area contributed by atoms with E-state index in [4.69, 9.17) is 5.73 Å². The third-order valence-corrected chi connectivity index (χ3v) is 5.59. The van der Waals surface area contributed by atoms with Crippen LogP contribution >= 0.6 is 0 Å². The van der Waals surface area contributed by atoms with Crippen LogP contribution in [-0.4, -0.2) is 17.5 Å². The highest BCUT2D eigenvalue weighted by molar-refractivity contribution is 6.15. The summed E-state index contributed by atoms with van der Waals surface area (Å²) in [4.78, 5) is 29.2. The molecule has 0 saturated heterocycles. The second-order valence-electron chi connectivity index (χ2n) is 6.44. The first-order valence-electron chi connectivity index (χ1n) is 7.68. The molecule has 1 heterocycles. The van der Waals surface area contributed by atoms with E-state index in [2.05, 4.69) is 11.1 Å². The van der Waals surface area contributed by atoms with Crippen LogP contribution in [-0.2, 0) is 9.59 Å². The maximum absolute atomic E-state index is 12.8. The Kier molecular flexibility index (Phi) is 3.31. The highest BCUT2D eigenvalue weighted by Crippen LogP contribution is 2.63. The molecule has 3 rings (SSSR count). The lowest BCUT2D eigenvalue weighted by Gasteiger charge is -2.49. The first kappa shape index (κ1) is 15.9. The number of nitrogens with two attached hydrogens (primary N) is 1. The monoisotopic (exact) mass is 320 g/mol. The Bertz CT molecular complexity index is 848.